The maximum Gasteiger partial charge on any atom is 0.224 e. The highest BCUT2D eigenvalue weighted by molar-refractivity contribution is 6.31. The Labute approximate surface area is 121 Å². The molecule has 2 aromatic carbocycles. The Bertz CT molecular complexity index is 611. The van der Waals surface area contributed by atoms with Crippen LogP contribution in [-0.4, -0.2) is 11.0 Å². The molecule has 2 aromatic rings. The first-order valence-electron chi connectivity index (χ1n) is 6.04. The number of phenolic OH excluding ortho intramolecular Hbond substituents is 1. The number of rotatable bonds is 4. The van der Waals surface area contributed by atoms with Gasteiger partial charge in [0.1, 0.15) is 11.6 Å². The second kappa shape index (κ2) is 6.39. The minimum Gasteiger partial charge on any atom is -0.508 e. The Hall–Kier alpha value is -2.07. The number of halogens is 2. The lowest BCUT2D eigenvalue weighted by Crippen LogP contribution is -2.25. The number of aromatic hydroxyl groups is 1. The lowest BCUT2D eigenvalue weighted by Gasteiger charge is -2.08. The molecule has 0 saturated carbocycles. The number of hydrogen-bond donors (Lipinski definition) is 2. The molecule has 2 rings (SSSR count). The zero-order valence-corrected chi connectivity index (χ0v) is 11.3. The summed E-state index contributed by atoms with van der Waals surface area (Å²) >= 11 is 5.86. The summed E-state index contributed by atoms with van der Waals surface area (Å²) in [6, 6.07) is 10.9. The third-order valence-corrected chi connectivity index (χ3v) is 3.15. The molecule has 0 saturated heterocycles. The summed E-state index contributed by atoms with van der Waals surface area (Å²) < 4.78 is 13.5. The first-order chi connectivity index (χ1) is 9.56. The lowest BCUT2D eigenvalue weighted by molar-refractivity contribution is -0.120. The van der Waals surface area contributed by atoms with Crippen molar-refractivity contribution in [1.82, 2.24) is 5.32 Å². The fourth-order valence-corrected chi connectivity index (χ4v) is 2.02. The summed E-state index contributed by atoms with van der Waals surface area (Å²) in [5, 5.41) is 12.2. The van der Waals surface area contributed by atoms with E-state index in [1.54, 1.807) is 30.3 Å². The average Bonchev–Trinajstić information content (AvgIpc) is 2.41. The molecule has 0 unspecified atom stereocenters. The van der Waals surface area contributed by atoms with Gasteiger partial charge in [0.2, 0.25) is 5.91 Å². The molecule has 3 nitrogen and oxygen atoms in total. The van der Waals surface area contributed by atoms with Crippen LogP contribution in [0.4, 0.5) is 4.39 Å². The summed E-state index contributed by atoms with van der Waals surface area (Å²) in [6.07, 6.45) is -0.121. The highest BCUT2D eigenvalue weighted by atomic mass is 35.5. The summed E-state index contributed by atoms with van der Waals surface area (Å²) in [5.41, 5.74) is 0.945. The second-order valence-corrected chi connectivity index (χ2v) is 4.73. The van der Waals surface area contributed by atoms with Gasteiger partial charge in [0.15, 0.2) is 0 Å². The summed E-state index contributed by atoms with van der Waals surface area (Å²) in [7, 11) is 0. The van der Waals surface area contributed by atoms with Crippen LogP contribution in [0.15, 0.2) is 42.5 Å². The van der Waals surface area contributed by atoms with E-state index in [0.717, 1.165) is 5.56 Å². The Morgan fingerprint density at radius 1 is 1.25 bits per heavy atom. The predicted molar refractivity (Wildman–Crippen MR) is 75.1 cm³/mol. The van der Waals surface area contributed by atoms with Gasteiger partial charge in [-0.15, -0.1) is 0 Å². The molecule has 0 spiro atoms. The van der Waals surface area contributed by atoms with Crippen molar-refractivity contribution < 1.29 is 14.3 Å². The molecule has 20 heavy (non-hydrogen) atoms. The van der Waals surface area contributed by atoms with Crippen LogP contribution in [0.5, 0.6) is 5.75 Å². The fraction of sp³-hybridized carbons (Fsp3) is 0.133. The molecule has 0 aromatic heterocycles. The highest BCUT2D eigenvalue weighted by Gasteiger charge is 2.11. The quantitative estimate of drug-likeness (QED) is 0.910. The maximum absolute atomic E-state index is 13.5. The number of hydrogen-bond acceptors (Lipinski definition) is 2. The van der Waals surface area contributed by atoms with Gasteiger partial charge in [-0.3, -0.25) is 4.79 Å². The van der Waals surface area contributed by atoms with Crippen molar-refractivity contribution >= 4 is 17.5 Å². The second-order valence-electron chi connectivity index (χ2n) is 4.32. The summed E-state index contributed by atoms with van der Waals surface area (Å²) in [4.78, 5) is 11.8. The normalized spacial score (nSPS) is 10.3. The number of nitrogens with one attached hydrogen (secondary N) is 1. The third kappa shape index (κ3) is 3.71. The first-order valence-corrected chi connectivity index (χ1v) is 6.41. The molecule has 0 heterocycles. The SMILES string of the molecule is O=C(Cc1c(F)cccc1Cl)NCc1cccc(O)c1. The van der Waals surface area contributed by atoms with Crippen LogP contribution in [0.3, 0.4) is 0 Å². The number of amides is 1. The molecule has 0 radical (unpaired) electrons. The van der Waals surface area contributed by atoms with Gasteiger partial charge in [0, 0.05) is 17.1 Å². The number of phenols is 1. The molecule has 0 aliphatic carbocycles. The highest BCUT2D eigenvalue weighted by Crippen LogP contribution is 2.19. The average molecular weight is 294 g/mol. The maximum atomic E-state index is 13.5. The minimum atomic E-state index is -0.495. The number of benzene rings is 2. The monoisotopic (exact) mass is 293 g/mol. The Kier molecular flexibility index (Phi) is 4.58. The molecule has 104 valence electrons. The van der Waals surface area contributed by atoms with E-state index in [-0.39, 0.29) is 35.2 Å². The number of carbonyl (C=O) groups is 1. The van der Waals surface area contributed by atoms with Gasteiger partial charge in [0.05, 0.1) is 6.42 Å². The summed E-state index contributed by atoms with van der Waals surface area (Å²) in [5.74, 6) is -0.695. The Morgan fingerprint density at radius 2 is 2.00 bits per heavy atom. The molecular formula is C15H13ClFNO2. The van der Waals surface area contributed by atoms with Crippen LogP contribution >= 0.6 is 11.6 Å². The van der Waals surface area contributed by atoms with Crippen molar-refractivity contribution in [3.63, 3.8) is 0 Å². The molecule has 0 aliphatic heterocycles. The lowest BCUT2D eigenvalue weighted by atomic mass is 10.1. The third-order valence-electron chi connectivity index (χ3n) is 2.80. The van der Waals surface area contributed by atoms with Crippen molar-refractivity contribution in [3.8, 4) is 5.75 Å². The minimum absolute atomic E-state index is 0.121. The van der Waals surface area contributed by atoms with E-state index in [1.165, 1.54) is 12.1 Å². The zero-order valence-electron chi connectivity index (χ0n) is 10.6. The molecule has 5 heteroatoms. The van der Waals surface area contributed by atoms with E-state index in [1.807, 2.05) is 0 Å². The molecule has 0 fully saturated rings. The van der Waals surface area contributed by atoms with Gasteiger partial charge in [-0.2, -0.15) is 0 Å². The van der Waals surface area contributed by atoms with E-state index >= 15 is 0 Å². The summed E-state index contributed by atoms with van der Waals surface area (Å²) in [6.45, 7) is 0.263. The topological polar surface area (TPSA) is 49.3 Å². The molecule has 0 bridgehead atoms. The molecular weight excluding hydrogens is 281 g/mol. The van der Waals surface area contributed by atoms with E-state index in [9.17, 15) is 14.3 Å². The van der Waals surface area contributed by atoms with Crippen molar-refractivity contribution in [1.29, 1.82) is 0 Å². The van der Waals surface area contributed by atoms with Gasteiger partial charge in [-0.05, 0) is 29.8 Å². The smallest absolute Gasteiger partial charge is 0.224 e. The van der Waals surface area contributed by atoms with Gasteiger partial charge >= 0.3 is 0 Å². The van der Waals surface area contributed by atoms with Crippen molar-refractivity contribution in [3.05, 3.63) is 64.4 Å². The zero-order chi connectivity index (χ0) is 14.5. The standard InChI is InChI=1S/C15H13ClFNO2/c16-13-5-2-6-14(17)12(13)8-15(20)18-9-10-3-1-4-11(19)7-10/h1-7,19H,8-9H2,(H,18,20). The van der Waals surface area contributed by atoms with Gasteiger partial charge in [-0.1, -0.05) is 29.8 Å². The van der Waals surface area contributed by atoms with Gasteiger partial charge in [0.25, 0.3) is 0 Å². The van der Waals surface area contributed by atoms with Crippen LogP contribution in [-0.2, 0) is 17.8 Å². The predicted octanol–water partition coefficient (Wildman–Crippen LogP) is 3.04. The van der Waals surface area contributed by atoms with E-state index in [2.05, 4.69) is 5.32 Å². The van der Waals surface area contributed by atoms with Gasteiger partial charge in [-0.25, -0.2) is 4.39 Å². The van der Waals surface area contributed by atoms with E-state index < -0.39 is 5.82 Å². The molecule has 0 aliphatic rings. The largest absolute Gasteiger partial charge is 0.508 e. The van der Waals surface area contributed by atoms with Crippen molar-refractivity contribution in [2.24, 2.45) is 0 Å². The van der Waals surface area contributed by atoms with Crippen LogP contribution < -0.4 is 5.32 Å². The molecule has 1 amide bonds. The molecule has 2 N–H and O–H groups in total. The molecule has 0 atom stereocenters. The van der Waals surface area contributed by atoms with E-state index in [0.29, 0.717) is 0 Å². The van der Waals surface area contributed by atoms with Crippen LogP contribution in [0.25, 0.3) is 0 Å². The number of carbonyl (C=O) groups excluding carboxylic acids is 1. The van der Waals surface area contributed by atoms with E-state index in [4.69, 9.17) is 11.6 Å². The van der Waals surface area contributed by atoms with Crippen LogP contribution in [0.2, 0.25) is 5.02 Å². The first kappa shape index (κ1) is 14.3. The van der Waals surface area contributed by atoms with Gasteiger partial charge < -0.3 is 10.4 Å². The van der Waals surface area contributed by atoms with Crippen molar-refractivity contribution in [2.75, 3.05) is 0 Å². The Balaban J connectivity index is 1.96. The van der Waals surface area contributed by atoms with Crippen LogP contribution in [0, 0.1) is 5.82 Å². The Morgan fingerprint density at radius 3 is 2.70 bits per heavy atom. The van der Waals surface area contributed by atoms with Crippen LogP contribution in [0.1, 0.15) is 11.1 Å². The van der Waals surface area contributed by atoms with Crippen molar-refractivity contribution in [2.45, 2.75) is 13.0 Å². The fourth-order valence-electron chi connectivity index (χ4n) is 1.79.